The predicted octanol–water partition coefficient (Wildman–Crippen LogP) is 3.41. The summed E-state index contributed by atoms with van der Waals surface area (Å²) in [6, 6.07) is 3.45. The van der Waals surface area contributed by atoms with Crippen molar-refractivity contribution in [2.24, 2.45) is 0 Å². The summed E-state index contributed by atoms with van der Waals surface area (Å²) in [6.07, 6.45) is -0.688. The Morgan fingerprint density at radius 1 is 1.58 bits per heavy atom. The maximum atomic E-state index is 11.1. The molecule has 0 spiro atoms. The minimum Gasteiger partial charge on any atom is -0.388 e. The molecular weight excluding hydrogens is 284 g/mol. The van der Waals surface area contributed by atoms with E-state index in [1.165, 1.54) is 17.4 Å². The normalized spacial score (nSPS) is 12.4. The van der Waals surface area contributed by atoms with Crippen molar-refractivity contribution in [2.45, 2.75) is 19.6 Å². The summed E-state index contributed by atoms with van der Waals surface area (Å²) in [5, 5.41) is 25.2. The second-order valence-electron chi connectivity index (χ2n) is 4.26. The molecule has 0 aliphatic carbocycles. The van der Waals surface area contributed by atoms with E-state index in [0.29, 0.717) is 16.4 Å². The molecule has 0 aliphatic heterocycles. The smallest absolute Gasteiger partial charge is 0.304 e. The number of nitro groups is 1. The fourth-order valence-corrected chi connectivity index (χ4v) is 3.41. The Morgan fingerprint density at radius 3 is 2.84 bits per heavy atom. The van der Waals surface area contributed by atoms with Crippen LogP contribution in [0.2, 0.25) is 0 Å². The third kappa shape index (κ3) is 3.12. The van der Waals surface area contributed by atoms with Crippen molar-refractivity contribution in [2.75, 3.05) is 11.9 Å². The molecule has 0 aromatic carbocycles. The van der Waals surface area contributed by atoms with E-state index in [4.69, 9.17) is 0 Å². The van der Waals surface area contributed by atoms with Gasteiger partial charge in [-0.05, 0) is 29.3 Å². The molecule has 0 saturated heterocycles. The van der Waals surface area contributed by atoms with E-state index in [1.807, 2.05) is 28.8 Å². The van der Waals surface area contributed by atoms with Crippen LogP contribution in [0.15, 0.2) is 22.9 Å². The summed E-state index contributed by atoms with van der Waals surface area (Å²) in [7, 11) is 1.82. The maximum absolute atomic E-state index is 11.1. The number of anilines is 1. The standard InChI is InChI=1S/C12H14N2O3S2/c1-8(15)11-5-10(14(16)17)12(19-11)13(2)6-9-3-4-18-7-9/h3-5,7-8,15H,6H2,1-2H3/t8-/m1/s1. The Kier molecular flexibility index (Phi) is 4.18. The fourth-order valence-electron chi connectivity index (χ4n) is 1.73. The summed E-state index contributed by atoms with van der Waals surface area (Å²) in [5.74, 6) is 0. The number of hydrogen-bond acceptors (Lipinski definition) is 6. The highest BCUT2D eigenvalue weighted by molar-refractivity contribution is 7.16. The SMILES string of the molecule is C[C@@H](O)c1cc([N+](=O)[O-])c(N(C)Cc2ccsc2)s1. The van der Waals surface area contributed by atoms with E-state index in [-0.39, 0.29) is 5.69 Å². The number of nitrogens with zero attached hydrogens (tertiary/aromatic N) is 2. The van der Waals surface area contributed by atoms with Gasteiger partial charge < -0.3 is 10.0 Å². The van der Waals surface area contributed by atoms with Gasteiger partial charge in [0.2, 0.25) is 0 Å². The summed E-state index contributed by atoms with van der Waals surface area (Å²) < 4.78 is 0. The highest BCUT2D eigenvalue weighted by Gasteiger charge is 2.23. The van der Waals surface area contributed by atoms with E-state index < -0.39 is 11.0 Å². The van der Waals surface area contributed by atoms with Crippen LogP contribution in [0.3, 0.4) is 0 Å². The van der Waals surface area contributed by atoms with Gasteiger partial charge in [0.25, 0.3) is 0 Å². The molecule has 5 nitrogen and oxygen atoms in total. The number of thiophene rings is 2. The van der Waals surface area contributed by atoms with Gasteiger partial charge in [-0.1, -0.05) is 0 Å². The van der Waals surface area contributed by atoms with Gasteiger partial charge in [-0.2, -0.15) is 11.3 Å². The van der Waals surface area contributed by atoms with Crippen molar-refractivity contribution in [3.05, 3.63) is 43.4 Å². The average Bonchev–Trinajstić information content (AvgIpc) is 2.96. The van der Waals surface area contributed by atoms with Gasteiger partial charge in [0.05, 0.1) is 11.0 Å². The van der Waals surface area contributed by atoms with Crippen molar-refractivity contribution >= 4 is 33.4 Å². The predicted molar refractivity (Wildman–Crippen MR) is 78.0 cm³/mol. The van der Waals surface area contributed by atoms with E-state index in [1.54, 1.807) is 18.3 Å². The topological polar surface area (TPSA) is 66.6 Å². The first-order valence-electron chi connectivity index (χ1n) is 5.67. The molecule has 1 N–H and O–H groups in total. The highest BCUT2D eigenvalue weighted by atomic mass is 32.1. The number of aliphatic hydroxyl groups excluding tert-OH is 1. The maximum Gasteiger partial charge on any atom is 0.304 e. The molecule has 1 atom stereocenters. The lowest BCUT2D eigenvalue weighted by Gasteiger charge is -2.15. The third-order valence-corrected chi connectivity index (χ3v) is 4.81. The molecular formula is C12H14N2O3S2. The molecule has 0 radical (unpaired) electrons. The molecule has 2 aromatic heterocycles. The molecule has 0 saturated carbocycles. The first-order valence-corrected chi connectivity index (χ1v) is 7.43. The number of hydrogen-bond donors (Lipinski definition) is 1. The minimum absolute atomic E-state index is 0.0543. The molecule has 7 heteroatoms. The van der Waals surface area contributed by atoms with Crippen LogP contribution < -0.4 is 4.90 Å². The second kappa shape index (κ2) is 5.68. The van der Waals surface area contributed by atoms with Crippen molar-refractivity contribution in [3.63, 3.8) is 0 Å². The molecule has 19 heavy (non-hydrogen) atoms. The quantitative estimate of drug-likeness (QED) is 0.678. The Hall–Kier alpha value is -1.44. The highest BCUT2D eigenvalue weighted by Crippen LogP contribution is 2.40. The van der Waals surface area contributed by atoms with E-state index >= 15 is 0 Å². The van der Waals surface area contributed by atoms with Gasteiger partial charge in [-0.3, -0.25) is 10.1 Å². The largest absolute Gasteiger partial charge is 0.388 e. The summed E-state index contributed by atoms with van der Waals surface area (Å²) in [4.78, 5) is 13.1. The van der Waals surface area contributed by atoms with Crippen LogP contribution >= 0.6 is 22.7 Å². The van der Waals surface area contributed by atoms with Gasteiger partial charge in [-0.15, -0.1) is 11.3 Å². The zero-order chi connectivity index (χ0) is 14.0. The first kappa shape index (κ1) is 14.0. The monoisotopic (exact) mass is 298 g/mol. The van der Waals surface area contributed by atoms with Crippen LogP contribution in [0.5, 0.6) is 0 Å². The average molecular weight is 298 g/mol. The lowest BCUT2D eigenvalue weighted by atomic mass is 10.3. The van der Waals surface area contributed by atoms with Crippen LogP contribution in [-0.2, 0) is 6.54 Å². The molecule has 0 aliphatic rings. The molecule has 2 aromatic rings. The summed E-state index contributed by atoms with van der Waals surface area (Å²) in [5.41, 5.74) is 1.17. The molecule has 0 amide bonds. The Labute approximate surface area is 118 Å². The summed E-state index contributed by atoms with van der Waals surface area (Å²) in [6.45, 7) is 2.22. The van der Waals surface area contributed by atoms with Crippen molar-refractivity contribution in [1.82, 2.24) is 0 Å². The van der Waals surface area contributed by atoms with Crippen LogP contribution in [0.25, 0.3) is 0 Å². The molecule has 0 fully saturated rings. The second-order valence-corrected chi connectivity index (χ2v) is 6.10. The lowest BCUT2D eigenvalue weighted by molar-refractivity contribution is -0.383. The number of rotatable bonds is 5. The van der Waals surface area contributed by atoms with Crippen molar-refractivity contribution < 1.29 is 10.0 Å². The van der Waals surface area contributed by atoms with E-state index in [9.17, 15) is 15.2 Å². The molecule has 0 unspecified atom stereocenters. The van der Waals surface area contributed by atoms with Gasteiger partial charge in [0.15, 0.2) is 5.00 Å². The van der Waals surface area contributed by atoms with Crippen LogP contribution in [-0.4, -0.2) is 17.1 Å². The van der Waals surface area contributed by atoms with E-state index in [0.717, 1.165) is 5.56 Å². The Balaban J connectivity index is 2.29. The van der Waals surface area contributed by atoms with Crippen molar-refractivity contribution in [1.29, 1.82) is 0 Å². The lowest BCUT2D eigenvalue weighted by Crippen LogP contribution is -2.15. The number of aliphatic hydroxyl groups is 1. The zero-order valence-corrected chi connectivity index (χ0v) is 12.2. The van der Waals surface area contributed by atoms with Crippen molar-refractivity contribution in [3.8, 4) is 0 Å². The van der Waals surface area contributed by atoms with Gasteiger partial charge >= 0.3 is 5.69 Å². The molecule has 2 heterocycles. The van der Waals surface area contributed by atoms with E-state index in [2.05, 4.69) is 0 Å². The Morgan fingerprint density at radius 2 is 2.32 bits per heavy atom. The molecule has 102 valence electrons. The first-order chi connectivity index (χ1) is 8.99. The van der Waals surface area contributed by atoms with Crippen LogP contribution in [0, 0.1) is 10.1 Å². The zero-order valence-electron chi connectivity index (χ0n) is 10.6. The summed E-state index contributed by atoms with van der Waals surface area (Å²) >= 11 is 2.86. The van der Waals surface area contributed by atoms with Gasteiger partial charge in [0, 0.05) is 24.5 Å². The third-order valence-electron chi connectivity index (χ3n) is 2.67. The molecule has 2 rings (SSSR count). The van der Waals surface area contributed by atoms with Gasteiger partial charge in [-0.25, -0.2) is 0 Å². The molecule has 0 bridgehead atoms. The van der Waals surface area contributed by atoms with Crippen LogP contribution in [0.4, 0.5) is 10.7 Å². The Bertz CT molecular complexity index is 564. The fraction of sp³-hybridized carbons (Fsp3) is 0.333. The van der Waals surface area contributed by atoms with Gasteiger partial charge in [0.1, 0.15) is 0 Å². The van der Waals surface area contributed by atoms with Crippen LogP contribution in [0.1, 0.15) is 23.5 Å². The minimum atomic E-state index is -0.688.